The van der Waals surface area contributed by atoms with E-state index in [-0.39, 0.29) is 24.0 Å². The van der Waals surface area contributed by atoms with Crippen molar-refractivity contribution in [2.24, 2.45) is 0 Å². The summed E-state index contributed by atoms with van der Waals surface area (Å²) in [6, 6.07) is 11.9. The van der Waals surface area contributed by atoms with Crippen molar-refractivity contribution in [3.63, 3.8) is 0 Å². The standard InChI is InChI=1S/C13H11NO3/c15-11(12-7-4-8-17-12)9-14-13(16)10-5-2-1-3-6-10/h1-8H,9H2,(H,14,16). The third-order valence-corrected chi connectivity index (χ3v) is 2.24. The number of furan rings is 1. The first-order chi connectivity index (χ1) is 8.27. The number of Topliss-reactive ketones (excluding diaryl/α,β-unsaturated/α-hetero) is 1. The summed E-state index contributed by atoms with van der Waals surface area (Å²) in [5, 5.41) is 2.54. The summed E-state index contributed by atoms with van der Waals surface area (Å²) in [5.74, 6) is -0.275. The maximum atomic E-state index is 11.6. The lowest BCUT2D eigenvalue weighted by atomic mass is 10.2. The van der Waals surface area contributed by atoms with Crippen LogP contribution < -0.4 is 5.32 Å². The van der Waals surface area contributed by atoms with Gasteiger partial charge in [0.1, 0.15) is 0 Å². The monoisotopic (exact) mass is 229 g/mol. The van der Waals surface area contributed by atoms with Crippen LogP contribution in [0.1, 0.15) is 20.9 Å². The number of ketones is 1. The summed E-state index contributed by atoms with van der Waals surface area (Å²) >= 11 is 0. The third kappa shape index (κ3) is 2.81. The van der Waals surface area contributed by atoms with Crippen molar-refractivity contribution in [2.45, 2.75) is 0 Å². The van der Waals surface area contributed by atoms with Gasteiger partial charge in [0.25, 0.3) is 5.91 Å². The molecular weight excluding hydrogens is 218 g/mol. The Bertz CT molecular complexity index is 503. The number of carbonyl (C=O) groups is 2. The first-order valence-electron chi connectivity index (χ1n) is 5.17. The molecule has 1 N–H and O–H groups in total. The Morgan fingerprint density at radius 1 is 1.06 bits per heavy atom. The SMILES string of the molecule is O=C(NCC(=O)c1ccco1)c1ccccc1. The molecular formula is C13H11NO3. The van der Waals surface area contributed by atoms with Gasteiger partial charge in [-0.25, -0.2) is 0 Å². The smallest absolute Gasteiger partial charge is 0.251 e. The van der Waals surface area contributed by atoms with Crippen LogP contribution in [0, 0.1) is 0 Å². The van der Waals surface area contributed by atoms with E-state index in [1.54, 1.807) is 36.4 Å². The Labute approximate surface area is 98.3 Å². The van der Waals surface area contributed by atoms with Crippen LogP contribution in [0.5, 0.6) is 0 Å². The number of benzene rings is 1. The molecule has 17 heavy (non-hydrogen) atoms. The van der Waals surface area contributed by atoms with Gasteiger partial charge in [-0.1, -0.05) is 18.2 Å². The van der Waals surface area contributed by atoms with Crippen molar-refractivity contribution in [3.05, 3.63) is 60.1 Å². The molecule has 0 saturated carbocycles. The molecule has 0 aliphatic heterocycles. The van der Waals surface area contributed by atoms with Crippen LogP contribution >= 0.6 is 0 Å². The van der Waals surface area contributed by atoms with Crippen LogP contribution in [0.25, 0.3) is 0 Å². The zero-order chi connectivity index (χ0) is 12.1. The lowest BCUT2D eigenvalue weighted by Crippen LogP contribution is -2.29. The first kappa shape index (κ1) is 11.1. The summed E-state index contributed by atoms with van der Waals surface area (Å²) < 4.78 is 4.93. The minimum absolute atomic E-state index is 0.0682. The Morgan fingerprint density at radius 3 is 2.47 bits per heavy atom. The van der Waals surface area contributed by atoms with E-state index in [1.807, 2.05) is 6.07 Å². The van der Waals surface area contributed by atoms with Gasteiger partial charge in [0.15, 0.2) is 5.76 Å². The number of carbonyl (C=O) groups excluding carboxylic acids is 2. The fraction of sp³-hybridized carbons (Fsp3) is 0.0769. The highest BCUT2D eigenvalue weighted by molar-refractivity contribution is 6.00. The summed E-state index contributed by atoms with van der Waals surface area (Å²) in [6.07, 6.45) is 1.42. The summed E-state index contributed by atoms with van der Waals surface area (Å²) in [6.45, 7) is -0.0682. The van der Waals surface area contributed by atoms with Gasteiger partial charge in [0, 0.05) is 5.56 Å². The first-order valence-corrected chi connectivity index (χ1v) is 5.17. The van der Waals surface area contributed by atoms with Crippen LogP contribution in [0.2, 0.25) is 0 Å². The molecule has 1 heterocycles. The third-order valence-electron chi connectivity index (χ3n) is 2.24. The van der Waals surface area contributed by atoms with E-state index < -0.39 is 0 Å². The predicted octanol–water partition coefficient (Wildman–Crippen LogP) is 1.89. The van der Waals surface area contributed by atoms with Crippen LogP contribution in [0.4, 0.5) is 0 Å². The molecule has 1 aromatic carbocycles. The topological polar surface area (TPSA) is 59.3 Å². The van der Waals surface area contributed by atoms with Gasteiger partial charge < -0.3 is 9.73 Å². The average molecular weight is 229 g/mol. The Morgan fingerprint density at radius 2 is 1.82 bits per heavy atom. The number of nitrogens with one attached hydrogen (secondary N) is 1. The van der Waals surface area contributed by atoms with Crippen LogP contribution in [0.3, 0.4) is 0 Å². The van der Waals surface area contributed by atoms with Gasteiger partial charge in [-0.2, -0.15) is 0 Å². The maximum absolute atomic E-state index is 11.6. The van der Waals surface area contributed by atoms with E-state index in [1.165, 1.54) is 6.26 Å². The van der Waals surface area contributed by atoms with Crippen molar-refractivity contribution < 1.29 is 14.0 Å². The summed E-state index contributed by atoms with van der Waals surface area (Å²) in [5.41, 5.74) is 0.528. The van der Waals surface area contributed by atoms with E-state index in [4.69, 9.17) is 4.42 Å². The molecule has 0 saturated heterocycles. The van der Waals surface area contributed by atoms with Gasteiger partial charge in [-0.3, -0.25) is 9.59 Å². The number of rotatable bonds is 4. The Kier molecular flexibility index (Phi) is 3.35. The predicted molar refractivity (Wildman–Crippen MR) is 61.8 cm³/mol. The van der Waals surface area contributed by atoms with Crippen molar-refractivity contribution in [1.82, 2.24) is 5.32 Å². The number of hydrogen-bond acceptors (Lipinski definition) is 3. The summed E-state index contributed by atoms with van der Waals surface area (Å²) in [7, 11) is 0. The van der Waals surface area contributed by atoms with Crippen molar-refractivity contribution in [2.75, 3.05) is 6.54 Å². The molecule has 1 aromatic heterocycles. The zero-order valence-electron chi connectivity index (χ0n) is 9.05. The summed E-state index contributed by atoms with van der Waals surface area (Å²) in [4.78, 5) is 23.2. The molecule has 0 aliphatic carbocycles. The van der Waals surface area contributed by atoms with Gasteiger partial charge in [-0.15, -0.1) is 0 Å². The fourth-order valence-corrected chi connectivity index (χ4v) is 1.38. The Hall–Kier alpha value is -2.36. The molecule has 4 nitrogen and oxygen atoms in total. The highest BCUT2D eigenvalue weighted by Crippen LogP contribution is 2.01. The molecule has 0 fully saturated rings. The molecule has 0 atom stereocenters. The molecule has 2 aromatic rings. The molecule has 1 amide bonds. The normalized spacial score (nSPS) is 9.88. The average Bonchev–Trinajstić information content (AvgIpc) is 2.90. The second kappa shape index (κ2) is 5.12. The van der Waals surface area contributed by atoms with Crippen molar-refractivity contribution >= 4 is 11.7 Å². The highest BCUT2D eigenvalue weighted by Gasteiger charge is 2.11. The van der Waals surface area contributed by atoms with Gasteiger partial charge >= 0.3 is 0 Å². The minimum Gasteiger partial charge on any atom is -0.461 e. The quantitative estimate of drug-likeness (QED) is 0.814. The molecule has 4 heteroatoms. The molecule has 0 aliphatic rings. The zero-order valence-corrected chi connectivity index (χ0v) is 9.05. The second-order valence-electron chi connectivity index (χ2n) is 3.45. The molecule has 86 valence electrons. The Balaban J connectivity index is 1.91. The largest absolute Gasteiger partial charge is 0.461 e. The van der Waals surface area contributed by atoms with Crippen LogP contribution in [0.15, 0.2) is 53.1 Å². The van der Waals surface area contributed by atoms with Gasteiger partial charge in [0.2, 0.25) is 5.78 Å². The van der Waals surface area contributed by atoms with Crippen molar-refractivity contribution in [1.29, 1.82) is 0 Å². The van der Waals surface area contributed by atoms with Crippen LogP contribution in [-0.4, -0.2) is 18.2 Å². The van der Waals surface area contributed by atoms with Gasteiger partial charge in [0.05, 0.1) is 12.8 Å². The van der Waals surface area contributed by atoms with E-state index in [9.17, 15) is 9.59 Å². The van der Waals surface area contributed by atoms with Crippen LogP contribution in [-0.2, 0) is 0 Å². The number of hydrogen-bond donors (Lipinski definition) is 1. The molecule has 0 unspecified atom stereocenters. The second-order valence-corrected chi connectivity index (χ2v) is 3.45. The molecule has 0 spiro atoms. The molecule has 0 bridgehead atoms. The lowest BCUT2D eigenvalue weighted by Gasteiger charge is -2.02. The van der Waals surface area contributed by atoms with E-state index >= 15 is 0 Å². The highest BCUT2D eigenvalue weighted by atomic mass is 16.3. The molecule has 0 radical (unpaired) electrons. The minimum atomic E-state index is -0.273. The maximum Gasteiger partial charge on any atom is 0.251 e. The number of amides is 1. The van der Waals surface area contributed by atoms with E-state index in [0.29, 0.717) is 5.56 Å². The van der Waals surface area contributed by atoms with Gasteiger partial charge in [-0.05, 0) is 24.3 Å². The van der Waals surface area contributed by atoms with E-state index in [0.717, 1.165) is 0 Å². The lowest BCUT2D eigenvalue weighted by molar-refractivity contribution is 0.0892. The molecule has 2 rings (SSSR count). The fourth-order valence-electron chi connectivity index (χ4n) is 1.38. The van der Waals surface area contributed by atoms with E-state index in [2.05, 4.69) is 5.32 Å². The van der Waals surface area contributed by atoms with Crippen molar-refractivity contribution in [3.8, 4) is 0 Å².